The molecule has 0 N–H and O–H groups in total. The van der Waals surface area contributed by atoms with Gasteiger partial charge in [-0.2, -0.15) is 0 Å². The molecule has 0 saturated heterocycles. The molecule has 238 valence electrons. The van der Waals surface area contributed by atoms with E-state index in [-0.39, 0.29) is 39.5 Å². The van der Waals surface area contributed by atoms with Gasteiger partial charge in [0.2, 0.25) is 0 Å². The van der Waals surface area contributed by atoms with Crippen LogP contribution in [0.4, 0.5) is 5.69 Å². The molecule has 0 spiro atoms. The summed E-state index contributed by atoms with van der Waals surface area (Å²) >= 11 is 1.07. The van der Waals surface area contributed by atoms with E-state index in [1.165, 1.54) is 29.9 Å². The molecule has 0 saturated carbocycles. The molecule has 2 heterocycles. The number of methoxy groups -OCH3 is 1. The van der Waals surface area contributed by atoms with E-state index in [0.29, 0.717) is 28.4 Å². The van der Waals surface area contributed by atoms with Crippen molar-refractivity contribution in [3.05, 3.63) is 124 Å². The maximum absolute atomic E-state index is 14.1. The van der Waals surface area contributed by atoms with Crippen molar-refractivity contribution in [2.45, 2.75) is 46.4 Å². The van der Waals surface area contributed by atoms with Crippen LogP contribution in [0.5, 0.6) is 17.2 Å². The summed E-state index contributed by atoms with van der Waals surface area (Å²) in [5, 5.41) is 12.2. The van der Waals surface area contributed by atoms with Gasteiger partial charge < -0.3 is 18.9 Å². The molecular weight excluding hydrogens is 610 g/mol. The van der Waals surface area contributed by atoms with Crippen molar-refractivity contribution in [1.29, 1.82) is 0 Å². The predicted molar refractivity (Wildman–Crippen MR) is 173 cm³/mol. The normalized spacial score (nSPS) is 14.5. The van der Waals surface area contributed by atoms with Crippen molar-refractivity contribution in [3.63, 3.8) is 0 Å². The maximum Gasteiger partial charge on any atom is 0.338 e. The van der Waals surface area contributed by atoms with Crippen LogP contribution in [-0.4, -0.2) is 35.3 Å². The number of nitro groups is 1. The van der Waals surface area contributed by atoms with Crippen molar-refractivity contribution in [2.75, 3.05) is 13.7 Å². The second-order valence-corrected chi connectivity index (χ2v) is 11.6. The number of hydrogen-bond donors (Lipinski definition) is 0. The number of thiazole rings is 1. The fraction of sp³-hybridized carbons (Fsp3) is 0.265. The zero-order chi connectivity index (χ0) is 33.0. The van der Waals surface area contributed by atoms with Gasteiger partial charge in [-0.05, 0) is 63.1 Å². The molecule has 1 aliphatic rings. The molecule has 0 radical (unpaired) electrons. The highest BCUT2D eigenvalue weighted by molar-refractivity contribution is 7.07. The van der Waals surface area contributed by atoms with Gasteiger partial charge in [-0.1, -0.05) is 53.8 Å². The Bertz CT molecular complexity index is 1980. The largest absolute Gasteiger partial charge is 0.494 e. The minimum atomic E-state index is -0.849. The Hall–Kier alpha value is -5.23. The molecule has 0 amide bonds. The number of aromatic nitrogens is 1. The van der Waals surface area contributed by atoms with E-state index in [9.17, 15) is 19.7 Å². The maximum atomic E-state index is 14.1. The average molecular weight is 644 g/mol. The van der Waals surface area contributed by atoms with Crippen molar-refractivity contribution < 1.29 is 28.7 Å². The SMILES string of the molecule is CCOc1ccc([C@@H]2C(C(=O)OC(C)C)=C(C)N=c3s/c(=C/c4cc(OC)c(OCc5ccccc5)cc4[N+](=O)[O-])c(=O)n32)cc1. The molecule has 0 unspecified atom stereocenters. The topological polar surface area (TPSA) is 131 Å². The van der Waals surface area contributed by atoms with Crippen LogP contribution < -0.4 is 29.1 Å². The lowest BCUT2D eigenvalue weighted by atomic mass is 9.96. The summed E-state index contributed by atoms with van der Waals surface area (Å²) < 4.78 is 24.1. The first-order valence-electron chi connectivity index (χ1n) is 14.6. The quantitative estimate of drug-likeness (QED) is 0.126. The minimum absolute atomic E-state index is 0.145. The molecule has 4 aromatic rings. The smallest absolute Gasteiger partial charge is 0.338 e. The lowest BCUT2D eigenvalue weighted by Crippen LogP contribution is -2.40. The van der Waals surface area contributed by atoms with Crippen LogP contribution in [0.1, 0.15) is 50.4 Å². The molecule has 5 rings (SSSR count). The molecule has 1 aliphatic heterocycles. The fourth-order valence-electron chi connectivity index (χ4n) is 5.08. The number of ether oxygens (including phenoxy) is 4. The third kappa shape index (κ3) is 6.71. The number of carbonyl (C=O) groups is 1. The summed E-state index contributed by atoms with van der Waals surface area (Å²) in [5.41, 5.74) is 1.57. The Balaban J connectivity index is 1.63. The summed E-state index contributed by atoms with van der Waals surface area (Å²) in [6, 6.07) is 18.4. The standard InChI is InChI=1S/C34H33N3O8S/c1-6-43-25-14-12-23(13-15-25)31-30(33(39)45-20(2)3)21(4)35-34-36(31)32(38)29(46-34)17-24-16-27(42-5)28(18-26(24)37(40)41)44-19-22-10-8-7-9-11-22/h7-18,20,31H,6,19H2,1-5H3/b29-17+/t31-/m1/s1. The highest BCUT2D eigenvalue weighted by atomic mass is 32.1. The third-order valence-electron chi connectivity index (χ3n) is 7.12. The highest BCUT2D eigenvalue weighted by Gasteiger charge is 2.34. The van der Waals surface area contributed by atoms with Crippen LogP contribution >= 0.6 is 11.3 Å². The lowest BCUT2D eigenvalue weighted by Gasteiger charge is -2.25. The van der Waals surface area contributed by atoms with E-state index in [0.717, 1.165) is 16.9 Å². The van der Waals surface area contributed by atoms with Crippen LogP contribution in [-0.2, 0) is 16.1 Å². The van der Waals surface area contributed by atoms with Crippen molar-refractivity contribution in [2.24, 2.45) is 4.99 Å². The van der Waals surface area contributed by atoms with Gasteiger partial charge in [0.05, 0.1) is 58.2 Å². The zero-order valence-electron chi connectivity index (χ0n) is 26.0. The number of benzene rings is 3. The van der Waals surface area contributed by atoms with Crippen molar-refractivity contribution in [3.8, 4) is 17.2 Å². The van der Waals surface area contributed by atoms with Gasteiger partial charge in [-0.25, -0.2) is 9.79 Å². The van der Waals surface area contributed by atoms with Gasteiger partial charge >= 0.3 is 5.97 Å². The Morgan fingerprint density at radius 2 is 1.80 bits per heavy atom. The number of hydrogen-bond acceptors (Lipinski definition) is 10. The Labute approximate surface area is 268 Å². The number of carbonyl (C=O) groups excluding carboxylic acids is 1. The monoisotopic (exact) mass is 643 g/mol. The van der Waals surface area contributed by atoms with E-state index < -0.39 is 28.6 Å². The molecule has 12 heteroatoms. The average Bonchev–Trinajstić information content (AvgIpc) is 3.33. The minimum Gasteiger partial charge on any atom is -0.494 e. The first-order chi connectivity index (χ1) is 22.1. The molecule has 0 aliphatic carbocycles. The number of esters is 1. The summed E-state index contributed by atoms with van der Waals surface area (Å²) in [4.78, 5) is 44.1. The Kier molecular flexibility index (Phi) is 9.67. The molecular formula is C34H33N3O8S. The van der Waals surface area contributed by atoms with Crippen LogP contribution in [0, 0.1) is 10.1 Å². The second kappa shape index (κ2) is 13.8. The van der Waals surface area contributed by atoms with Crippen molar-refractivity contribution >= 4 is 29.1 Å². The molecule has 11 nitrogen and oxygen atoms in total. The summed E-state index contributed by atoms with van der Waals surface area (Å²) in [6.45, 7) is 7.72. The summed E-state index contributed by atoms with van der Waals surface area (Å²) in [6.07, 6.45) is 1.04. The van der Waals surface area contributed by atoms with Gasteiger partial charge in [0.15, 0.2) is 16.3 Å². The fourth-order valence-corrected chi connectivity index (χ4v) is 6.11. The van der Waals surface area contributed by atoms with E-state index in [1.807, 2.05) is 37.3 Å². The molecule has 46 heavy (non-hydrogen) atoms. The molecule has 3 aromatic carbocycles. The summed E-state index contributed by atoms with van der Waals surface area (Å²) in [7, 11) is 1.44. The van der Waals surface area contributed by atoms with E-state index in [4.69, 9.17) is 18.9 Å². The van der Waals surface area contributed by atoms with Crippen molar-refractivity contribution in [1.82, 2.24) is 4.57 Å². The van der Waals surface area contributed by atoms with Gasteiger partial charge in [0.25, 0.3) is 11.2 Å². The van der Waals surface area contributed by atoms with Crippen LogP contribution in [0.2, 0.25) is 0 Å². The van der Waals surface area contributed by atoms with Gasteiger partial charge in [0, 0.05) is 0 Å². The third-order valence-corrected chi connectivity index (χ3v) is 8.11. The van der Waals surface area contributed by atoms with Crippen LogP contribution in [0.3, 0.4) is 0 Å². The Morgan fingerprint density at radius 1 is 1.09 bits per heavy atom. The zero-order valence-corrected chi connectivity index (χ0v) is 26.8. The van der Waals surface area contributed by atoms with E-state index in [1.54, 1.807) is 45.0 Å². The van der Waals surface area contributed by atoms with Gasteiger partial charge in [-0.3, -0.25) is 19.5 Å². The number of nitro benzene ring substituents is 1. The molecule has 0 bridgehead atoms. The molecule has 1 atom stereocenters. The van der Waals surface area contributed by atoms with Gasteiger partial charge in [-0.15, -0.1) is 0 Å². The predicted octanol–water partition coefficient (Wildman–Crippen LogP) is 5.08. The second-order valence-electron chi connectivity index (χ2n) is 10.6. The summed E-state index contributed by atoms with van der Waals surface area (Å²) in [5.74, 6) is 0.512. The first kappa shape index (κ1) is 32.2. The Morgan fingerprint density at radius 3 is 2.43 bits per heavy atom. The van der Waals surface area contributed by atoms with E-state index in [2.05, 4.69) is 4.99 Å². The number of rotatable bonds is 11. The van der Waals surface area contributed by atoms with Crippen LogP contribution in [0.25, 0.3) is 6.08 Å². The molecule has 1 aromatic heterocycles. The van der Waals surface area contributed by atoms with E-state index >= 15 is 0 Å². The molecule has 0 fully saturated rings. The number of allylic oxidation sites excluding steroid dienone is 1. The number of fused-ring (bicyclic) bond motifs is 1. The van der Waals surface area contributed by atoms with Crippen LogP contribution in [0.15, 0.2) is 87.8 Å². The lowest BCUT2D eigenvalue weighted by molar-refractivity contribution is -0.385. The first-order valence-corrected chi connectivity index (χ1v) is 15.4. The van der Waals surface area contributed by atoms with Gasteiger partial charge in [0.1, 0.15) is 12.4 Å². The number of nitrogens with zero attached hydrogens (tertiary/aromatic N) is 3. The highest BCUT2D eigenvalue weighted by Crippen LogP contribution is 2.36.